The first-order valence-electron chi connectivity index (χ1n) is 5.71. The van der Waals surface area contributed by atoms with Crippen LogP contribution in [-0.4, -0.2) is 37.6 Å². The molecule has 0 aliphatic carbocycles. The molecule has 0 aromatic rings. The van der Waals surface area contributed by atoms with Crippen molar-refractivity contribution in [2.75, 3.05) is 26.7 Å². The third-order valence-corrected chi connectivity index (χ3v) is 3.24. The summed E-state index contributed by atoms with van der Waals surface area (Å²) < 4.78 is 0. The standard InChI is InChI=1S/C12H24N2/c1-10(2)14-7-5-12(6-8-14)11(3)9-13-4/h10,12-13H,3,5-9H2,1-2,4H3. The van der Waals surface area contributed by atoms with Crippen molar-refractivity contribution in [3.8, 4) is 0 Å². The molecule has 0 saturated carbocycles. The molecule has 0 radical (unpaired) electrons. The fraction of sp³-hybridized carbons (Fsp3) is 0.833. The van der Waals surface area contributed by atoms with Gasteiger partial charge < -0.3 is 10.2 Å². The lowest BCUT2D eigenvalue weighted by molar-refractivity contribution is 0.160. The molecule has 0 amide bonds. The second-order valence-corrected chi connectivity index (χ2v) is 4.59. The van der Waals surface area contributed by atoms with E-state index >= 15 is 0 Å². The number of likely N-dealkylation sites (tertiary alicyclic amines) is 1. The molecule has 0 unspecified atom stereocenters. The normalized spacial score (nSPS) is 20.3. The Kier molecular flexibility index (Phi) is 4.63. The Morgan fingerprint density at radius 2 is 2.00 bits per heavy atom. The minimum Gasteiger partial charge on any atom is -0.316 e. The molecule has 1 aliphatic rings. The average molecular weight is 196 g/mol. The second kappa shape index (κ2) is 5.52. The van der Waals surface area contributed by atoms with E-state index in [0.717, 1.165) is 12.5 Å². The smallest absolute Gasteiger partial charge is 0.0161 e. The molecule has 1 heterocycles. The molecule has 0 aromatic carbocycles. The first kappa shape index (κ1) is 11.7. The number of hydrogen-bond acceptors (Lipinski definition) is 2. The molecule has 0 bridgehead atoms. The van der Waals surface area contributed by atoms with Crippen molar-refractivity contribution in [3.63, 3.8) is 0 Å². The van der Waals surface area contributed by atoms with Crippen molar-refractivity contribution in [3.05, 3.63) is 12.2 Å². The number of nitrogens with zero attached hydrogens (tertiary/aromatic N) is 1. The molecule has 2 nitrogen and oxygen atoms in total. The van der Waals surface area contributed by atoms with Crippen LogP contribution in [0.2, 0.25) is 0 Å². The number of hydrogen-bond donors (Lipinski definition) is 1. The minimum absolute atomic E-state index is 0.702. The summed E-state index contributed by atoms with van der Waals surface area (Å²) in [7, 11) is 1.99. The fourth-order valence-electron chi connectivity index (χ4n) is 2.20. The minimum atomic E-state index is 0.702. The fourth-order valence-corrected chi connectivity index (χ4v) is 2.20. The SMILES string of the molecule is C=C(CNC)C1CCN(C(C)C)CC1. The van der Waals surface area contributed by atoms with E-state index in [1.54, 1.807) is 0 Å². The second-order valence-electron chi connectivity index (χ2n) is 4.59. The highest BCUT2D eigenvalue weighted by Crippen LogP contribution is 2.24. The van der Waals surface area contributed by atoms with Gasteiger partial charge in [-0.15, -0.1) is 0 Å². The molecule has 2 heteroatoms. The van der Waals surface area contributed by atoms with Crippen LogP contribution in [0.3, 0.4) is 0 Å². The molecular weight excluding hydrogens is 172 g/mol. The Labute approximate surface area is 88.4 Å². The van der Waals surface area contributed by atoms with Crippen LogP contribution >= 0.6 is 0 Å². The van der Waals surface area contributed by atoms with Crippen molar-refractivity contribution >= 4 is 0 Å². The Balaban J connectivity index is 2.31. The maximum absolute atomic E-state index is 4.16. The Morgan fingerprint density at radius 3 is 2.43 bits per heavy atom. The van der Waals surface area contributed by atoms with Crippen LogP contribution in [0, 0.1) is 5.92 Å². The van der Waals surface area contributed by atoms with Gasteiger partial charge in [0.05, 0.1) is 0 Å². The molecule has 1 rings (SSSR count). The van der Waals surface area contributed by atoms with E-state index in [1.807, 2.05) is 7.05 Å². The highest BCUT2D eigenvalue weighted by atomic mass is 15.1. The van der Waals surface area contributed by atoms with E-state index in [4.69, 9.17) is 0 Å². The molecule has 1 aliphatic heterocycles. The van der Waals surface area contributed by atoms with Crippen LogP contribution < -0.4 is 5.32 Å². The van der Waals surface area contributed by atoms with Crippen molar-refractivity contribution in [1.29, 1.82) is 0 Å². The average Bonchev–Trinajstić information content (AvgIpc) is 2.18. The van der Waals surface area contributed by atoms with Crippen molar-refractivity contribution in [2.45, 2.75) is 32.7 Å². The Morgan fingerprint density at radius 1 is 1.43 bits per heavy atom. The molecule has 1 fully saturated rings. The maximum atomic E-state index is 4.16. The quantitative estimate of drug-likeness (QED) is 0.691. The summed E-state index contributed by atoms with van der Waals surface area (Å²) in [6, 6.07) is 0.702. The summed E-state index contributed by atoms with van der Waals surface area (Å²) in [6.45, 7) is 12.2. The van der Waals surface area contributed by atoms with Gasteiger partial charge in [0.2, 0.25) is 0 Å². The lowest BCUT2D eigenvalue weighted by Crippen LogP contribution is -2.39. The highest BCUT2D eigenvalue weighted by Gasteiger charge is 2.21. The van der Waals surface area contributed by atoms with E-state index in [9.17, 15) is 0 Å². The van der Waals surface area contributed by atoms with Crippen LogP contribution in [0.25, 0.3) is 0 Å². The van der Waals surface area contributed by atoms with Gasteiger partial charge in [-0.05, 0) is 52.7 Å². The van der Waals surface area contributed by atoms with Gasteiger partial charge in [-0.2, -0.15) is 0 Å². The van der Waals surface area contributed by atoms with E-state index in [-0.39, 0.29) is 0 Å². The first-order chi connectivity index (χ1) is 6.65. The van der Waals surface area contributed by atoms with E-state index < -0.39 is 0 Å². The zero-order valence-corrected chi connectivity index (χ0v) is 9.84. The Hall–Kier alpha value is -0.340. The van der Waals surface area contributed by atoms with Gasteiger partial charge in [0.15, 0.2) is 0 Å². The third-order valence-electron chi connectivity index (χ3n) is 3.24. The number of piperidine rings is 1. The number of likely N-dealkylation sites (N-methyl/N-ethyl adjacent to an activating group) is 1. The largest absolute Gasteiger partial charge is 0.316 e. The maximum Gasteiger partial charge on any atom is 0.0161 e. The van der Waals surface area contributed by atoms with E-state index in [1.165, 1.54) is 31.5 Å². The summed E-state index contributed by atoms with van der Waals surface area (Å²) in [6.07, 6.45) is 2.58. The van der Waals surface area contributed by atoms with Crippen LogP contribution in [-0.2, 0) is 0 Å². The molecule has 82 valence electrons. The van der Waals surface area contributed by atoms with Gasteiger partial charge in [-0.25, -0.2) is 0 Å². The van der Waals surface area contributed by atoms with Gasteiger partial charge in [-0.1, -0.05) is 12.2 Å². The van der Waals surface area contributed by atoms with Crippen LogP contribution in [0.5, 0.6) is 0 Å². The number of rotatable bonds is 4. The molecule has 1 saturated heterocycles. The summed E-state index contributed by atoms with van der Waals surface area (Å²) in [5, 5.41) is 3.19. The lowest BCUT2D eigenvalue weighted by atomic mass is 9.89. The number of nitrogens with one attached hydrogen (secondary N) is 1. The van der Waals surface area contributed by atoms with E-state index in [0.29, 0.717) is 6.04 Å². The van der Waals surface area contributed by atoms with Crippen LogP contribution in [0.1, 0.15) is 26.7 Å². The van der Waals surface area contributed by atoms with Gasteiger partial charge in [-0.3, -0.25) is 0 Å². The topological polar surface area (TPSA) is 15.3 Å². The molecule has 0 spiro atoms. The van der Waals surface area contributed by atoms with Crippen LogP contribution in [0.4, 0.5) is 0 Å². The Bertz CT molecular complexity index is 179. The van der Waals surface area contributed by atoms with Crippen LogP contribution in [0.15, 0.2) is 12.2 Å². The zero-order valence-electron chi connectivity index (χ0n) is 9.84. The third kappa shape index (κ3) is 3.10. The molecule has 0 aromatic heterocycles. The van der Waals surface area contributed by atoms with E-state index in [2.05, 4.69) is 30.6 Å². The predicted octanol–water partition coefficient (Wildman–Crippen LogP) is 1.88. The highest BCUT2D eigenvalue weighted by molar-refractivity contribution is 5.04. The molecule has 0 atom stereocenters. The van der Waals surface area contributed by atoms with Gasteiger partial charge in [0.1, 0.15) is 0 Å². The molecular formula is C12H24N2. The van der Waals surface area contributed by atoms with Gasteiger partial charge in [0, 0.05) is 12.6 Å². The van der Waals surface area contributed by atoms with Gasteiger partial charge >= 0.3 is 0 Å². The summed E-state index contributed by atoms with van der Waals surface area (Å²) >= 11 is 0. The van der Waals surface area contributed by atoms with Crippen molar-refractivity contribution < 1.29 is 0 Å². The molecule has 14 heavy (non-hydrogen) atoms. The summed E-state index contributed by atoms with van der Waals surface area (Å²) in [4.78, 5) is 2.56. The van der Waals surface area contributed by atoms with Crippen molar-refractivity contribution in [1.82, 2.24) is 10.2 Å². The first-order valence-corrected chi connectivity index (χ1v) is 5.71. The monoisotopic (exact) mass is 196 g/mol. The summed E-state index contributed by atoms with van der Waals surface area (Å²) in [5.74, 6) is 0.748. The summed E-state index contributed by atoms with van der Waals surface area (Å²) in [5.41, 5.74) is 1.39. The molecule has 1 N–H and O–H groups in total. The predicted molar refractivity (Wildman–Crippen MR) is 62.5 cm³/mol. The lowest BCUT2D eigenvalue weighted by Gasteiger charge is -2.35. The zero-order chi connectivity index (χ0) is 10.6. The van der Waals surface area contributed by atoms with Crippen molar-refractivity contribution in [2.24, 2.45) is 5.92 Å². The van der Waals surface area contributed by atoms with Gasteiger partial charge in [0.25, 0.3) is 0 Å².